The van der Waals surface area contributed by atoms with Crippen LogP contribution in [-0.4, -0.2) is 24.9 Å². The SMILES string of the molecule is CCCNC(=O)CNC(=O)c1cc(F)ccc1C. The summed E-state index contributed by atoms with van der Waals surface area (Å²) in [5.74, 6) is -1.17. The second kappa shape index (κ2) is 6.74. The zero-order valence-electron chi connectivity index (χ0n) is 10.5. The first-order chi connectivity index (χ1) is 8.54. The van der Waals surface area contributed by atoms with Gasteiger partial charge < -0.3 is 10.6 Å². The standard InChI is InChI=1S/C13H17FN2O2/c1-3-6-15-12(17)8-16-13(18)11-7-10(14)5-4-9(11)2/h4-5,7H,3,6,8H2,1-2H3,(H,15,17)(H,16,18). The first-order valence-electron chi connectivity index (χ1n) is 5.85. The van der Waals surface area contributed by atoms with Gasteiger partial charge in [-0.15, -0.1) is 0 Å². The summed E-state index contributed by atoms with van der Waals surface area (Å²) in [5, 5.41) is 5.10. The molecule has 0 aliphatic carbocycles. The molecular weight excluding hydrogens is 235 g/mol. The van der Waals surface area contributed by atoms with Crippen molar-refractivity contribution < 1.29 is 14.0 Å². The minimum absolute atomic E-state index is 0.102. The van der Waals surface area contributed by atoms with Gasteiger partial charge >= 0.3 is 0 Å². The van der Waals surface area contributed by atoms with Gasteiger partial charge in [-0.1, -0.05) is 13.0 Å². The number of amides is 2. The van der Waals surface area contributed by atoms with E-state index < -0.39 is 11.7 Å². The Morgan fingerprint density at radius 3 is 2.67 bits per heavy atom. The molecule has 2 N–H and O–H groups in total. The Morgan fingerprint density at radius 1 is 1.28 bits per heavy atom. The molecule has 18 heavy (non-hydrogen) atoms. The maximum Gasteiger partial charge on any atom is 0.252 e. The molecule has 0 aromatic heterocycles. The fourth-order valence-corrected chi connectivity index (χ4v) is 1.42. The van der Waals surface area contributed by atoms with Crippen LogP contribution in [0.5, 0.6) is 0 Å². The van der Waals surface area contributed by atoms with Crippen molar-refractivity contribution in [3.05, 3.63) is 35.1 Å². The maximum absolute atomic E-state index is 13.0. The van der Waals surface area contributed by atoms with E-state index in [1.54, 1.807) is 6.92 Å². The molecule has 0 saturated heterocycles. The van der Waals surface area contributed by atoms with Gasteiger partial charge in [-0.3, -0.25) is 9.59 Å². The monoisotopic (exact) mass is 252 g/mol. The summed E-state index contributed by atoms with van der Waals surface area (Å²) in [7, 11) is 0. The van der Waals surface area contributed by atoms with Crippen molar-refractivity contribution in [2.24, 2.45) is 0 Å². The average molecular weight is 252 g/mol. The van der Waals surface area contributed by atoms with Crippen molar-refractivity contribution in [3.63, 3.8) is 0 Å². The molecule has 2 amide bonds. The third-order valence-corrected chi connectivity index (χ3v) is 2.43. The first kappa shape index (κ1) is 14.2. The van der Waals surface area contributed by atoms with Crippen LogP contribution in [-0.2, 0) is 4.79 Å². The number of hydrogen-bond acceptors (Lipinski definition) is 2. The highest BCUT2D eigenvalue weighted by molar-refractivity contribution is 5.97. The van der Waals surface area contributed by atoms with Gasteiger partial charge in [-0.05, 0) is 31.0 Å². The third kappa shape index (κ3) is 4.16. The molecule has 0 heterocycles. The molecule has 98 valence electrons. The van der Waals surface area contributed by atoms with Gasteiger partial charge in [0.15, 0.2) is 0 Å². The number of benzene rings is 1. The van der Waals surface area contributed by atoms with Crippen LogP contribution < -0.4 is 10.6 Å². The second-order valence-electron chi connectivity index (χ2n) is 3.99. The van der Waals surface area contributed by atoms with E-state index in [-0.39, 0.29) is 18.0 Å². The molecule has 1 aromatic carbocycles. The lowest BCUT2D eigenvalue weighted by atomic mass is 10.1. The van der Waals surface area contributed by atoms with E-state index in [0.29, 0.717) is 12.1 Å². The van der Waals surface area contributed by atoms with Crippen LogP contribution in [0.2, 0.25) is 0 Å². The number of rotatable bonds is 5. The molecule has 0 bridgehead atoms. The van der Waals surface area contributed by atoms with Gasteiger partial charge in [0.1, 0.15) is 5.82 Å². The zero-order valence-corrected chi connectivity index (χ0v) is 10.5. The van der Waals surface area contributed by atoms with Crippen LogP contribution in [0.1, 0.15) is 29.3 Å². The highest BCUT2D eigenvalue weighted by Crippen LogP contribution is 2.09. The molecule has 0 unspecified atom stereocenters. The Kier molecular flexibility index (Phi) is 5.30. The van der Waals surface area contributed by atoms with E-state index in [2.05, 4.69) is 10.6 Å². The molecule has 0 spiro atoms. The first-order valence-corrected chi connectivity index (χ1v) is 5.85. The van der Waals surface area contributed by atoms with Crippen molar-refractivity contribution in [2.75, 3.05) is 13.1 Å². The molecule has 0 aliphatic heterocycles. The summed E-state index contributed by atoms with van der Waals surface area (Å²) < 4.78 is 13.0. The van der Waals surface area contributed by atoms with Gasteiger partial charge in [0, 0.05) is 12.1 Å². The fourth-order valence-electron chi connectivity index (χ4n) is 1.42. The Bertz CT molecular complexity index is 447. The summed E-state index contributed by atoms with van der Waals surface area (Å²) in [6.45, 7) is 4.13. The fraction of sp³-hybridized carbons (Fsp3) is 0.385. The number of nitrogens with one attached hydrogen (secondary N) is 2. The number of aryl methyl sites for hydroxylation is 1. The van der Waals surface area contributed by atoms with Crippen LogP contribution in [0.3, 0.4) is 0 Å². The number of hydrogen-bond donors (Lipinski definition) is 2. The largest absolute Gasteiger partial charge is 0.355 e. The van der Waals surface area contributed by atoms with E-state index in [0.717, 1.165) is 12.5 Å². The molecule has 4 nitrogen and oxygen atoms in total. The van der Waals surface area contributed by atoms with Gasteiger partial charge in [0.25, 0.3) is 5.91 Å². The van der Waals surface area contributed by atoms with Gasteiger partial charge in [-0.25, -0.2) is 4.39 Å². The highest BCUT2D eigenvalue weighted by atomic mass is 19.1. The summed E-state index contributed by atoms with van der Waals surface area (Å²) in [4.78, 5) is 23.0. The Hall–Kier alpha value is -1.91. The van der Waals surface area contributed by atoms with Crippen molar-refractivity contribution in [2.45, 2.75) is 20.3 Å². The molecule has 0 radical (unpaired) electrons. The predicted molar refractivity (Wildman–Crippen MR) is 66.8 cm³/mol. The quantitative estimate of drug-likeness (QED) is 0.832. The minimum Gasteiger partial charge on any atom is -0.355 e. The molecule has 5 heteroatoms. The molecule has 0 saturated carbocycles. The lowest BCUT2D eigenvalue weighted by Crippen LogP contribution is -2.37. The van der Waals surface area contributed by atoms with E-state index >= 15 is 0 Å². The predicted octanol–water partition coefficient (Wildman–Crippen LogP) is 1.39. The highest BCUT2D eigenvalue weighted by Gasteiger charge is 2.11. The number of halogens is 1. The zero-order chi connectivity index (χ0) is 13.5. The van der Waals surface area contributed by atoms with Crippen LogP contribution in [0, 0.1) is 12.7 Å². The molecule has 0 aliphatic rings. The van der Waals surface area contributed by atoms with Crippen LogP contribution in [0.25, 0.3) is 0 Å². The Balaban J connectivity index is 2.55. The Morgan fingerprint density at radius 2 is 2.00 bits per heavy atom. The van der Waals surface area contributed by atoms with E-state index in [1.807, 2.05) is 6.92 Å². The molecule has 1 aromatic rings. The maximum atomic E-state index is 13.0. The van der Waals surface area contributed by atoms with Crippen LogP contribution in [0.15, 0.2) is 18.2 Å². The van der Waals surface area contributed by atoms with Gasteiger partial charge in [0.05, 0.1) is 6.54 Å². The molecule has 0 fully saturated rings. The minimum atomic E-state index is -0.471. The summed E-state index contributed by atoms with van der Waals surface area (Å²) in [5.41, 5.74) is 0.918. The number of carbonyl (C=O) groups excluding carboxylic acids is 2. The molecule has 0 atom stereocenters. The van der Waals surface area contributed by atoms with Crippen molar-refractivity contribution in [3.8, 4) is 0 Å². The summed E-state index contributed by atoms with van der Waals surface area (Å²) in [6, 6.07) is 3.98. The normalized spacial score (nSPS) is 9.94. The van der Waals surface area contributed by atoms with Gasteiger partial charge in [-0.2, -0.15) is 0 Å². The molecule has 1 rings (SSSR count). The lowest BCUT2D eigenvalue weighted by Gasteiger charge is -2.08. The van der Waals surface area contributed by atoms with Crippen molar-refractivity contribution in [1.29, 1.82) is 0 Å². The third-order valence-electron chi connectivity index (χ3n) is 2.43. The van der Waals surface area contributed by atoms with Gasteiger partial charge in [0.2, 0.25) is 5.91 Å². The van der Waals surface area contributed by atoms with Crippen LogP contribution in [0.4, 0.5) is 4.39 Å². The number of carbonyl (C=O) groups is 2. The van der Waals surface area contributed by atoms with E-state index in [4.69, 9.17) is 0 Å². The molecular formula is C13H17FN2O2. The summed E-state index contributed by atoms with van der Waals surface area (Å²) >= 11 is 0. The second-order valence-corrected chi connectivity index (χ2v) is 3.99. The van der Waals surface area contributed by atoms with E-state index in [1.165, 1.54) is 12.1 Å². The van der Waals surface area contributed by atoms with Crippen LogP contribution >= 0.6 is 0 Å². The Labute approximate surface area is 106 Å². The van der Waals surface area contributed by atoms with Crippen molar-refractivity contribution in [1.82, 2.24) is 10.6 Å². The van der Waals surface area contributed by atoms with Crippen molar-refractivity contribution >= 4 is 11.8 Å². The average Bonchev–Trinajstić information content (AvgIpc) is 2.36. The smallest absolute Gasteiger partial charge is 0.252 e. The summed E-state index contributed by atoms with van der Waals surface area (Å²) in [6.07, 6.45) is 0.836. The topological polar surface area (TPSA) is 58.2 Å². The lowest BCUT2D eigenvalue weighted by molar-refractivity contribution is -0.120. The van der Waals surface area contributed by atoms with E-state index in [9.17, 15) is 14.0 Å².